The summed E-state index contributed by atoms with van der Waals surface area (Å²) in [6.45, 7) is 1.40. The normalized spacial score (nSPS) is 19.8. The summed E-state index contributed by atoms with van der Waals surface area (Å²) in [5.41, 5.74) is 0.756. The molecule has 5 heteroatoms. The third-order valence-corrected chi connectivity index (χ3v) is 3.06. The summed E-state index contributed by atoms with van der Waals surface area (Å²) < 4.78 is 10.9. The van der Waals surface area contributed by atoms with Crippen molar-refractivity contribution in [2.45, 2.75) is 6.04 Å². The lowest BCUT2D eigenvalue weighted by molar-refractivity contribution is -0.124. The fraction of sp³-hybridized carbons (Fsp3) is 0.308. The SMILES string of the molecule is COc1ccc2oc(C3NCCNC3=O)cc2c1. The van der Waals surface area contributed by atoms with Crippen molar-refractivity contribution in [3.05, 3.63) is 30.0 Å². The van der Waals surface area contributed by atoms with Gasteiger partial charge in [0.25, 0.3) is 0 Å². The average molecular weight is 246 g/mol. The molecular formula is C13H14N2O3. The Balaban J connectivity index is 1.99. The summed E-state index contributed by atoms with van der Waals surface area (Å²) in [7, 11) is 1.62. The molecule has 0 radical (unpaired) electrons. The van der Waals surface area contributed by atoms with Gasteiger partial charge in [0.2, 0.25) is 5.91 Å². The third kappa shape index (κ3) is 1.82. The van der Waals surface area contributed by atoms with E-state index >= 15 is 0 Å². The standard InChI is InChI=1S/C13H14N2O3/c1-17-9-2-3-10-8(6-9)7-11(18-10)12-13(16)15-5-4-14-12/h2-3,6-7,12,14H,4-5H2,1H3,(H,15,16). The minimum atomic E-state index is -0.405. The Hall–Kier alpha value is -2.01. The Labute approximate surface area is 104 Å². The van der Waals surface area contributed by atoms with Crippen LogP contribution in [0.15, 0.2) is 28.7 Å². The Morgan fingerprint density at radius 1 is 1.33 bits per heavy atom. The van der Waals surface area contributed by atoms with Gasteiger partial charge in [-0.2, -0.15) is 0 Å². The predicted octanol–water partition coefficient (Wildman–Crippen LogP) is 1.20. The molecule has 1 aliphatic rings. The monoisotopic (exact) mass is 246 g/mol. The number of ether oxygens (including phenoxy) is 1. The highest BCUT2D eigenvalue weighted by Crippen LogP contribution is 2.27. The van der Waals surface area contributed by atoms with Crippen molar-refractivity contribution in [1.82, 2.24) is 10.6 Å². The molecule has 3 rings (SSSR count). The quantitative estimate of drug-likeness (QED) is 0.835. The minimum Gasteiger partial charge on any atom is -0.497 e. The first-order valence-corrected chi connectivity index (χ1v) is 5.86. The lowest BCUT2D eigenvalue weighted by Gasteiger charge is -2.21. The van der Waals surface area contributed by atoms with Crippen molar-refractivity contribution in [2.24, 2.45) is 0 Å². The third-order valence-electron chi connectivity index (χ3n) is 3.06. The molecule has 1 aromatic heterocycles. The Morgan fingerprint density at radius 3 is 3.00 bits per heavy atom. The van der Waals surface area contributed by atoms with Crippen molar-refractivity contribution in [3.63, 3.8) is 0 Å². The fourth-order valence-corrected chi connectivity index (χ4v) is 2.14. The van der Waals surface area contributed by atoms with Crippen LogP contribution in [-0.4, -0.2) is 26.1 Å². The van der Waals surface area contributed by atoms with Crippen LogP contribution < -0.4 is 15.4 Å². The van der Waals surface area contributed by atoms with E-state index in [0.29, 0.717) is 12.3 Å². The zero-order chi connectivity index (χ0) is 12.5. The number of benzene rings is 1. The molecule has 2 N–H and O–H groups in total. The number of hydrogen-bond acceptors (Lipinski definition) is 4. The van der Waals surface area contributed by atoms with Gasteiger partial charge < -0.3 is 14.5 Å². The number of methoxy groups -OCH3 is 1. The second kappa shape index (κ2) is 4.34. The molecule has 1 amide bonds. The first kappa shape index (κ1) is 11.1. The molecule has 2 aromatic rings. The van der Waals surface area contributed by atoms with E-state index in [1.165, 1.54) is 0 Å². The van der Waals surface area contributed by atoms with Gasteiger partial charge in [0.15, 0.2) is 0 Å². The summed E-state index contributed by atoms with van der Waals surface area (Å²) in [6.07, 6.45) is 0. The maximum Gasteiger partial charge on any atom is 0.245 e. The molecule has 0 saturated carbocycles. The molecule has 1 fully saturated rings. The number of piperazine rings is 1. The molecule has 18 heavy (non-hydrogen) atoms. The molecule has 2 heterocycles. The van der Waals surface area contributed by atoms with Crippen LogP contribution in [0.25, 0.3) is 11.0 Å². The molecule has 0 aliphatic carbocycles. The predicted molar refractivity (Wildman–Crippen MR) is 66.5 cm³/mol. The van der Waals surface area contributed by atoms with Crippen LogP contribution in [0.1, 0.15) is 11.8 Å². The summed E-state index contributed by atoms with van der Waals surface area (Å²) >= 11 is 0. The number of fused-ring (bicyclic) bond motifs is 1. The molecule has 1 aliphatic heterocycles. The summed E-state index contributed by atoms with van der Waals surface area (Å²) in [5, 5.41) is 6.88. The zero-order valence-corrected chi connectivity index (χ0v) is 10.0. The number of furan rings is 1. The van der Waals surface area contributed by atoms with E-state index in [0.717, 1.165) is 23.3 Å². The highest BCUT2D eigenvalue weighted by molar-refractivity contribution is 5.86. The smallest absolute Gasteiger partial charge is 0.245 e. The van der Waals surface area contributed by atoms with Gasteiger partial charge in [-0.05, 0) is 24.3 Å². The van der Waals surface area contributed by atoms with Gasteiger partial charge in [0, 0.05) is 18.5 Å². The van der Waals surface area contributed by atoms with Crippen molar-refractivity contribution < 1.29 is 13.9 Å². The van der Waals surface area contributed by atoms with Crippen LogP contribution in [0.3, 0.4) is 0 Å². The summed E-state index contributed by atoms with van der Waals surface area (Å²) in [5.74, 6) is 1.36. The lowest BCUT2D eigenvalue weighted by Crippen LogP contribution is -2.47. The van der Waals surface area contributed by atoms with Crippen molar-refractivity contribution in [2.75, 3.05) is 20.2 Å². The summed E-state index contributed by atoms with van der Waals surface area (Å²) in [4.78, 5) is 11.7. The van der Waals surface area contributed by atoms with Gasteiger partial charge in [0.05, 0.1) is 7.11 Å². The molecular weight excluding hydrogens is 232 g/mol. The van der Waals surface area contributed by atoms with Gasteiger partial charge >= 0.3 is 0 Å². The van der Waals surface area contributed by atoms with E-state index in [-0.39, 0.29) is 5.91 Å². The van der Waals surface area contributed by atoms with E-state index < -0.39 is 6.04 Å². The summed E-state index contributed by atoms with van der Waals surface area (Å²) in [6, 6.07) is 7.04. The first-order valence-electron chi connectivity index (χ1n) is 5.86. The first-order chi connectivity index (χ1) is 8.78. The van der Waals surface area contributed by atoms with Crippen LogP contribution in [0.2, 0.25) is 0 Å². The maximum absolute atomic E-state index is 11.7. The van der Waals surface area contributed by atoms with Gasteiger partial charge in [0.1, 0.15) is 23.1 Å². The highest BCUT2D eigenvalue weighted by Gasteiger charge is 2.26. The van der Waals surface area contributed by atoms with Crippen molar-refractivity contribution in [1.29, 1.82) is 0 Å². The van der Waals surface area contributed by atoms with Crippen LogP contribution >= 0.6 is 0 Å². The van der Waals surface area contributed by atoms with E-state index in [1.807, 2.05) is 24.3 Å². The number of amides is 1. The number of carbonyl (C=O) groups is 1. The molecule has 0 bridgehead atoms. The minimum absolute atomic E-state index is 0.0488. The highest BCUT2D eigenvalue weighted by atomic mass is 16.5. The van der Waals surface area contributed by atoms with Crippen LogP contribution in [0, 0.1) is 0 Å². The van der Waals surface area contributed by atoms with Crippen molar-refractivity contribution in [3.8, 4) is 5.75 Å². The molecule has 1 saturated heterocycles. The lowest BCUT2D eigenvalue weighted by atomic mass is 10.1. The largest absolute Gasteiger partial charge is 0.497 e. The maximum atomic E-state index is 11.7. The van der Waals surface area contributed by atoms with Gasteiger partial charge in [-0.1, -0.05) is 0 Å². The van der Waals surface area contributed by atoms with E-state index in [2.05, 4.69) is 10.6 Å². The Kier molecular flexibility index (Phi) is 2.68. The zero-order valence-electron chi connectivity index (χ0n) is 10.0. The van der Waals surface area contributed by atoms with E-state index in [4.69, 9.17) is 9.15 Å². The number of carbonyl (C=O) groups excluding carboxylic acids is 1. The Bertz CT molecular complexity index is 591. The van der Waals surface area contributed by atoms with Crippen LogP contribution in [0.5, 0.6) is 5.75 Å². The average Bonchev–Trinajstić information content (AvgIpc) is 2.81. The fourth-order valence-electron chi connectivity index (χ4n) is 2.14. The molecule has 94 valence electrons. The number of hydrogen-bond donors (Lipinski definition) is 2. The second-order valence-electron chi connectivity index (χ2n) is 4.23. The van der Waals surface area contributed by atoms with E-state index in [9.17, 15) is 4.79 Å². The topological polar surface area (TPSA) is 63.5 Å². The molecule has 5 nitrogen and oxygen atoms in total. The molecule has 1 atom stereocenters. The van der Waals surface area contributed by atoms with E-state index in [1.54, 1.807) is 7.11 Å². The van der Waals surface area contributed by atoms with Gasteiger partial charge in [-0.3, -0.25) is 10.1 Å². The second-order valence-corrected chi connectivity index (χ2v) is 4.23. The molecule has 1 aromatic carbocycles. The number of nitrogens with one attached hydrogen (secondary N) is 2. The molecule has 0 spiro atoms. The number of rotatable bonds is 2. The van der Waals surface area contributed by atoms with Crippen LogP contribution in [0.4, 0.5) is 0 Å². The molecule has 1 unspecified atom stereocenters. The van der Waals surface area contributed by atoms with Crippen molar-refractivity contribution >= 4 is 16.9 Å². The van der Waals surface area contributed by atoms with Gasteiger partial charge in [-0.15, -0.1) is 0 Å². The Morgan fingerprint density at radius 2 is 2.22 bits per heavy atom. The van der Waals surface area contributed by atoms with Gasteiger partial charge in [-0.25, -0.2) is 0 Å². The van der Waals surface area contributed by atoms with Crippen LogP contribution in [-0.2, 0) is 4.79 Å².